The van der Waals surface area contributed by atoms with E-state index in [9.17, 15) is 4.79 Å². The molecule has 0 amide bonds. The van der Waals surface area contributed by atoms with E-state index < -0.39 is 10.6 Å². The van der Waals surface area contributed by atoms with E-state index in [1.165, 1.54) is 6.07 Å². The third kappa shape index (κ3) is 2.50. The summed E-state index contributed by atoms with van der Waals surface area (Å²) in [6.07, 6.45) is 0. The number of carbonyl (C=O) groups excluding carboxylic acids is 1. The Labute approximate surface area is 95.5 Å². The molecule has 13 heavy (non-hydrogen) atoms. The second-order valence-electron chi connectivity index (χ2n) is 2.27. The van der Waals surface area contributed by atoms with Crippen LogP contribution in [0.3, 0.4) is 0 Å². The van der Waals surface area contributed by atoms with Gasteiger partial charge in [-0.05, 0) is 12.1 Å². The topological polar surface area (TPSA) is 17.1 Å². The van der Waals surface area contributed by atoms with Crippen molar-refractivity contribution in [2.24, 2.45) is 0 Å². The molecule has 0 atom stereocenters. The van der Waals surface area contributed by atoms with Crippen molar-refractivity contribution >= 4 is 52.2 Å². The first kappa shape index (κ1) is 11.1. The Balaban J connectivity index is 3.15. The fourth-order valence-corrected chi connectivity index (χ4v) is 1.44. The Morgan fingerprint density at radius 3 is 2.38 bits per heavy atom. The average Bonchev–Trinajstić information content (AvgIpc) is 2.08. The lowest BCUT2D eigenvalue weighted by Gasteiger charge is -2.04. The van der Waals surface area contributed by atoms with E-state index in [1.807, 2.05) is 0 Å². The summed E-state index contributed by atoms with van der Waals surface area (Å²) in [6.45, 7) is 0. The van der Waals surface area contributed by atoms with Gasteiger partial charge in [0.15, 0.2) is 10.6 Å². The first-order valence-corrected chi connectivity index (χ1v) is 4.93. The van der Waals surface area contributed by atoms with Crippen LogP contribution in [0.2, 0.25) is 10.0 Å². The highest BCUT2D eigenvalue weighted by atomic mass is 35.5. The van der Waals surface area contributed by atoms with Crippen molar-refractivity contribution in [3.8, 4) is 0 Å². The lowest BCUT2D eigenvalue weighted by molar-refractivity contribution is 0.101. The van der Waals surface area contributed by atoms with Gasteiger partial charge in [0.2, 0.25) is 0 Å². The largest absolute Gasteiger partial charge is 0.291 e. The Hall–Kier alpha value is 0.0500. The minimum absolute atomic E-state index is 0.181. The van der Waals surface area contributed by atoms with Gasteiger partial charge >= 0.3 is 0 Å². The summed E-state index contributed by atoms with van der Waals surface area (Å²) in [4.78, 5) is 10.2. The Morgan fingerprint density at radius 2 is 1.85 bits per heavy atom. The quantitative estimate of drug-likeness (QED) is 0.579. The molecule has 0 radical (unpaired) electrons. The molecule has 0 spiro atoms. The third-order valence-corrected chi connectivity index (χ3v) is 2.63. The molecule has 0 heterocycles. The summed E-state index contributed by atoms with van der Waals surface area (Å²) in [5, 5.41) is 0.488. The maximum Gasteiger partial charge on any atom is 0.197 e. The predicted molar refractivity (Wildman–Crippen MR) is 56.3 cm³/mol. The SMILES string of the molecule is O=C(c1cccc(Cl)c1Cl)C(Cl)Cl. The first-order chi connectivity index (χ1) is 6.04. The summed E-state index contributed by atoms with van der Waals surface area (Å²) < 4.78 is 0. The summed E-state index contributed by atoms with van der Waals surface area (Å²) in [5.41, 5.74) is 0.240. The highest BCUT2D eigenvalue weighted by molar-refractivity contribution is 6.56. The van der Waals surface area contributed by atoms with Gasteiger partial charge in [0, 0.05) is 5.56 Å². The normalized spacial score (nSPS) is 10.5. The Morgan fingerprint density at radius 1 is 1.23 bits per heavy atom. The number of ketones is 1. The van der Waals surface area contributed by atoms with E-state index in [2.05, 4.69) is 0 Å². The number of Topliss-reactive ketones (excluding diaryl/α,β-unsaturated/α-hetero) is 1. The minimum atomic E-state index is -1.11. The summed E-state index contributed by atoms with van der Waals surface area (Å²) in [6, 6.07) is 4.71. The molecular formula is C8H4Cl4O. The molecule has 70 valence electrons. The number of hydrogen-bond donors (Lipinski definition) is 0. The van der Waals surface area contributed by atoms with E-state index in [1.54, 1.807) is 12.1 Å². The lowest BCUT2D eigenvalue weighted by Crippen LogP contribution is -2.08. The number of benzene rings is 1. The van der Waals surface area contributed by atoms with Gasteiger partial charge in [0.1, 0.15) is 0 Å². The third-order valence-electron chi connectivity index (χ3n) is 1.42. The number of hydrogen-bond acceptors (Lipinski definition) is 1. The van der Waals surface area contributed by atoms with Gasteiger partial charge in [-0.15, -0.1) is 0 Å². The monoisotopic (exact) mass is 256 g/mol. The molecule has 0 unspecified atom stereocenters. The number of carbonyl (C=O) groups is 1. The molecule has 1 aromatic carbocycles. The molecule has 0 saturated carbocycles. The molecule has 0 aromatic heterocycles. The molecule has 0 saturated heterocycles. The van der Waals surface area contributed by atoms with Gasteiger partial charge < -0.3 is 0 Å². The van der Waals surface area contributed by atoms with Gasteiger partial charge in [-0.2, -0.15) is 0 Å². The van der Waals surface area contributed by atoms with E-state index in [0.29, 0.717) is 5.02 Å². The fourth-order valence-electron chi connectivity index (χ4n) is 0.812. The van der Waals surface area contributed by atoms with Gasteiger partial charge in [-0.25, -0.2) is 0 Å². The van der Waals surface area contributed by atoms with Crippen LogP contribution >= 0.6 is 46.4 Å². The molecule has 0 aliphatic heterocycles. The predicted octanol–water partition coefficient (Wildman–Crippen LogP) is 3.98. The highest BCUT2D eigenvalue weighted by Gasteiger charge is 2.18. The molecule has 1 rings (SSSR count). The molecule has 1 aromatic rings. The van der Waals surface area contributed by atoms with Crippen molar-refractivity contribution in [2.45, 2.75) is 4.84 Å². The smallest absolute Gasteiger partial charge is 0.197 e. The van der Waals surface area contributed by atoms with Crippen LogP contribution in [0.1, 0.15) is 10.4 Å². The highest BCUT2D eigenvalue weighted by Crippen LogP contribution is 2.27. The van der Waals surface area contributed by atoms with Crippen LogP contribution in [0.5, 0.6) is 0 Å². The Bertz CT molecular complexity index is 335. The van der Waals surface area contributed by atoms with Crippen LogP contribution in [0.25, 0.3) is 0 Å². The second kappa shape index (κ2) is 4.52. The zero-order valence-electron chi connectivity index (χ0n) is 6.23. The van der Waals surface area contributed by atoms with Gasteiger partial charge in [0.25, 0.3) is 0 Å². The summed E-state index contributed by atoms with van der Waals surface area (Å²) in [5.74, 6) is -0.448. The molecule has 0 fully saturated rings. The fraction of sp³-hybridized carbons (Fsp3) is 0.125. The van der Waals surface area contributed by atoms with Crippen LogP contribution in [0.4, 0.5) is 0 Å². The molecular weight excluding hydrogens is 254 g/mol. The van der Waals surface area contributed by atoms with Crippen LogP contribution in [-0.4, -0.2) is 10.6 Å². The molecule has 0 bridgehead atoms. The number of halogens is 4. The van der Waals surface area contributed by atoms with Crippen molar-refractivity contribution in [3.63, 3.8) is 0 Å². The van der Waals surface area contributed by atoms with Crippen LogP contribution in [0.15, 0.2) is 18.2 Å². The average molecular weight is 258 g/mol. The maximum atomic E-state index is 11.3. The molecule has 5 heteroatoms. The van der Waals surface area contributed by atoms with E-state index in [0.717, 1.165) is 0 Å². The molecule has 0 aliphatic carbocycles. The summed E-state index contributed by atoms with van der Waals surface area (Å²) in [7, 11) is 0. The van der Waals surface area contributed by atoms with Crippen molar-refractivity contribution in [2.75, 3.05) is 0 Å². The van der Waals surface area contributed by atoms with Crippen LogP contribution in [-0.2, 0) is 0 Å². The van der Waals surface area contributed by atoms with Gasteiger partial charge in [-0.3, -0.25) is 4.79 Å². The van der Waals surface area contributed by atoms with E-state index in [4.69, 9.17) is 46.4 Å². The second-order valence-corrected chi connectivity index (χ2v) is 4.15. The van der Waals surface area contributed by atoms with Gasteiger partial charge in [0.05, 0.1) is 10.0 Å². The standard InChI is InChI=1S/C8H4Cl4O/c9-5-3-1-2-4(6(5)10)7(13)8(11)12/h1-3,8H. The lowest BCUT2D eigenvalue weighted by atomic mass is 10.1. The zero-order valence-corrected chi connectivity index (χ0v) is 9.25. The molecule has 1 nitrogen and oxygen atoms in total. The van der Waals surface area contributed by atoms with Crippen molar-refractivity contribution in [3.05, 3.63) is 33.8 Å². The van der Waals surface area contributed by atoms with Crippen molar-refractivity contribution < 1.29 is 4.79 Å². The van der Waals surface area contributed by atoms with Crippen LogP contribution < -0.4 is 0 Å². The number of alkyl halides is 2. The maximum absolute atomic E-state index is 11.3. The van der Waals surface area contributed by atoms with Crippen LogP contribution in [0, 0.1) is 0 Å². The van der Waals surface area contributed by atoms with E-state index in [-0.39, 0.29) is 10.6 Å². The van der Waals surface area contributed by atoms with Crippen molar-refractivity contribution in [1.29, 1.82) is 0 Å². The van der Waals surface area contributed by atoms with Gasteiger partial charge in [-0.1, -0.05) is 52.5 Å². The van der Waals surface area contributed by atoms with Crippen molar-refractivity contribution in [1.82, 2.24) is 0 Å². The summed E-state index contributed by atoms with van der Waals surface area (Å²) >= 11 is 22.3. The first-order valence-electron chi connectivity index (χ1n) is 3.30. The molecule has 0 aliphatic rings. The number of rotatable bonds is 2. The Kier molecular flexibility index (Phi) is 3.87. The zero-order chi connectivity index (χ0) is 10.0. The molecule has 0 N–H and O–H groups in total. The van der Waals surface area contributed by atoms with E-state index >= 15 is 0 Å². The minimum Gasteiger partial charge on any atom is -0.291 e.